The Morgan fingerprint density at radius 1 is 1.48 bits per heavy atom. The predicted molar refractivity (Wildman–Crippen MR) is 98.7 cm³/mol. The summed E-state index contributed by atoms with van der Waals surface area (Å²) in [6.45, 7) is 6.67. The van der Waals surface area contributed by atoms with Gasteiger partial charge in [-0.05, 0) is 49.1 Å². The largest absolute Gasteiger partial charge is 0.377 e. The number of aryl methyl sites for hydroxylation is 1. The van der Waals surface area contributed by atoms with E-state index in [1.807, 2.05) is 41.8 Å². The van der Waals surface area contributed by atoms with E-state index >= 15 is 0 Å². The van der Waals surface area contributed by atoms with Gasteiger partial charge in [-0.1, -0.05) is 0 Å². The number of hydrogen-bond donors (Lipinski definition) is 0. The van der Waals surface area contributed by atoms with E-state index in [-0.39, 0.29) is 11.8 Å². The summed E-state index contributed by atoms with van der Waals surface area (Å²) in [7, 11) is 0. The minimum absolute atomic E-state index is 0.209. The molecule has 134 valence electrons. The van der Waals surface area contributed by atoms with Crippen LogP contribution in [0, 0.1) is 6.92 Å². The van der Waals surface area contributed by atoms with Crippen LogP contribution in [-0.4, -0.2) is 40.5 Å². The highest BCUT2D eigenvalue weighted by atomic mass is 32.1. The van der Waals surface area contributed by atoms with Crippen LogP contribution in [0.5, 0.6) is 0 Å². The summed E-state index contributed by atoms with van der Waals surface area (Å²) in [5.74, 6) is 1.24. The van der Waals surface area contributed by atoms with Crippen LogP contribution in [0.25, 0.3) is 0 Å². The molecule has 0 saturated carbocycles. The van der Waals surface area contributed by atoms with Gasteiger partial charge in [-0.25, -0.2) is 9.97 Å². The third-order valence-corrected chi connectivity index (χ3v) is 5.31. The maximum Gasteiger partial charge on any atom is 0.227 e. The van der Waals surface area contributed by atoms with E-state index in [0.29, 0.717) is 19.6 Å². The molecular formula is C19H25N3O2S. The first-order chi connectivity index (χ1) is 12.2. The van der Waals surface area contributed by atoms with Crippen molar-refractivity contribution in [3.05, 3.63) is 45.7 Å². The Morgan fingerprint density at radius 2 is 2.36 bits per heavy atom. The molecule has 1 unspecified atom stereocenters. The lowest BCUT2D eigenvalue weighted by molar-refractivity contribution is -0.131. The summed E-state index contributed by atoms with van der Waals surface area (Å²) in [6.07, 6.45) is 4.43. The van der Waals surface area contributed by atoms with E-state index in [1.165, 1.54) is 0 Å². The van der Waals surface area contributed by atoms with Gasteiger partial charge in [0.15, 0.2) is 0 Å². The molecule has 1 aliphatic heterocycles. The molecule has 1 amide bonds. The first kappa shape index (κ1) is 18.0. The molecule has 6 heteroatoms. The van der Waals surface area contributed by atoms with Crippen molar-refractivity contribution in [2.45, 2.75) is 45.6 Å². The minimum atomic E-state index is 0.209. The molecule has 2 aromatic rings. The number of hydrogen-bond acceptors (Lipinski definition) is 5. The summed E-state index contributed by atoms with van der Waals surface area (Å²) in [4.78, 5) is 23.6. The highest BCUT2D eigenvalue weighted by Crippen LogP contribution is 2.28. The quantitative estimate of drug-likeness (QED) is 0.794. The van der Waals surface area contributed by atoms with Crippen molar-refractivity contribution in [1.82, 2.24) is 14.9 Å². The summed E-state index contributed by atoms with van der Waals surface area (Å²) in [5, 5.41) is 4.07. The number of aromatic nitrogens is 2. The second-order valence-electron chi connectivity index (χ2n) is 6.45. The van der Waals surface area contributed by atoms with Gasteiger partial charge in [-0.2, -0.15) is 11.3 Å². The monoisotopic (exact) mass is 359 g/mol. The van der Waals surface area contributed by atoms with Gasteiger partial charge in [0, 0.05) is 37.4 Å². The number of piperidine rings is 1. The smallest absolute Gasteiger partial charge is 0.227 e. The van der Waals surface area contributed by atoms with E-state index in [9.17, 15) is 4.79 Å². The molecule has 25 heavy (non-hydrogen) atoms. The molecule has 1 aliphatic rings. The molecule has 0 aliphatic carbocycles. The topological polar surface area (TPSA) is 55.3 Å². The van der Waals surface area contributed by atoms with Gasteiger partial charge in [0.1, 0.15) is 5.82 Å². The predicted octanol–water partition coefficient (Wildman–Crippen LogP) is 3.33. The molecule has 0 bridgehead atoms. The van der Waals surface area contributed by atoms with Crippen molar-refractivity contribution in [2.75, 3.05) is 19.7 Å². The summed E-state index contributed by atoms with van der Waals surface area (Å²) in [6, 6.07) is 2.03. The Balaban J connectivity index is 1.72. The Hall–Kier alpha value is -1.79. The second kappa shape index (κ2) is 8.54. The molecule has 3 rings (SSSR count). The number of carbonyl (C=O) groups is 1. The zero-order chi connectivity index (χ0) is 17.6. The first-order valence-corrected chi connectivity index (χ1v) is 9.80. The molecule has 5 nitrogen and oxygen atoms in total. The molecule has 0 spiro atoms. The van der Waals surface area contributed by atoms with Crippen LogP contribution in [-0.2, 0) is 22.6 Å². The molecule has 1 atom stereocenters. The highest BCUT2D eigenvalue weighted by Gasteiger charge is 2.27. The average Bonchev–Trinajstić information content (AvgIpc) is 3.13. The standard InChI is InChI=1S/C19H25N3O2S/c1-3-24-12-17-10-20-14(2)21-19(17)16-5-4-7-22(11-16)18(23)9-15-6-8-25-13-15/h6,8,10,13,16H,3-5,7,9,11-12H2,1-2H3. The first-order valence-electron chi connectivity index (χ1n) is 8.86. The maximum atomic E-state index is 12.6. The average molecular weight is 359 g/mol. The lowest BCUT2D eigenvalue weighted by atomic mass is 9.91. The van der Waals surface area contributed by atoms with Crippen molar-refractivity contribution in [3.8, 4) is 0 Å². The molecule has 0 radical (unpaired) electrons. The van der Waals surface area contributed by atoms with Crippen LogP contribution < -0.4 is 0 Å². The van der Waals surface area contributed by atoms with Gasteiger partial charge in [0.05, 0.1) is 18.7 Å². The van der Waals surface area contributed by atoms with Crippen LogP contribution >= 0.6 is 11.3 Å². The number of likely N-dealkylation sites (tertiary alicyclic amines) is 1. The van der Waals surface area contributed by atoms with Crippen molar-refractivity contribution in [1.29, 1.82) is 0 Å². The van der Waals surface area contributed by atoms with E-state index < -0.39 is 0 Å². The van der Waals surface area contributed by atoms with Crippen molar-refractivity contribution in [3.63, 3.8) is 0 Å². The van der Waals surface area contributed by atoms with Crippen LogP contribution in [0.2, 0.25) is 0 Å². The molecule has 0 N–H and O–H groups in total. The van der Waals surface area contributed by atoms with Gasteiger partial charge in [0.25, 0.3) is 0 Å². The normalized spacial score (nSPS) is 17.7. The molecule has 3 heterocycles. The molecule has 1 saturated heterocycles. The number of nitrogens with zero attached hydrogens (tertiary/aromatic N) is 3. The van der Waals surface area contributed by atoms with Crippen LogP contribution in [0.4, 0.5) is 0 Å². The van der Waals surface area contributed by atoms with Gasteiger partial charge in [-0.15, -0.1) is 0 Å². The molecule has 1 fully saturated rings. The SMILES string of the molecule is CCOCc1cnc(C)nc1C1CCCN(C(=O)Cc2ccsc2)C1. The van der Waals surface area contributed by atoms with Crippen LogP contribution in [0.3, 0.4) is 0 Å². The van der Waals surface area contributed by atoms with E-state index in [4.69, 9.17) is 9.72 Å². The Morgan fingerprint density at radius 3 is 3.12 bits per heavy atom. The van der Waals surface area contributed by atoms with Crippen molar-refractivity contribution >= 4 is 17.2 Å². The number of rotatable bonds is 6. The fraction of sp³-hybridized carbons (Fsp3) is 0.526. The number of ether oxygens (including phenoxy) is 1. The third kappa shape index (κ3) is 4.64. The van der Waals surface area contributed by atoms with E-state index in [1.54, 1.807) is 11.3 Å². The lowest BCUT2D eigenvalue weighted by Crippen LogP contribution is -2.40. The van der Waals surface area contributed by atoms with Gasteiger partial charge in [0.2, 0.25) is 5.91 Å². The highest BCUT2D eigenvalue weighted by molar-refractivity contribution is 7.08. The zero-order valence-corrected chi connectivity index (χ0v) is 15.7. The van der Waals surface area contributed by atoms with Crippen molar-refractivity contribution in [2.24, 2.45) is 0 Å². The van der Waals surface area contributed by atoms with Gasteiger partial charge >= 0.3 is 0 Å². The van der Waals surface area contributed by atoms with Gasteiger partial charge < -0.3 is 9.64 Å². The fourth-order valence-corrected chi connectivity index (χ4v) is 3.96. The minimum Gasteiger partial charge on any atom is -0.377 e. The Bertz CT molecular complexity index is 703. The molecule has 2 aromatic heterocycles. The van der Waals surface area contributed by atoms with Crippen LogP contribution in [0.1, 0.15) is 48.3 Å². The maximum absolute atomic E-state index is 12.6. The fourth-order valence-electron chi connectivity index (χ4n) is 3.30. The third-order valence-electron chi connectivity index (χ3n) is 4.58. The van der Waals surface area contributed by atoms with E-state index in [2.05, 4.69) is 4.98 Å². The molecule has 0 aromatic carbocycles. The Labute approximate surface area is 153 Å². The number of carbonyl (C=O) groups excluding carboxylic acids is 1. The van der Waals surface area contributed by atoms with Crippen LogP contribution in [0.15, 0.2) is 23.0 Å². The Kier molecular flexibility index (Phi) is 6.15. The summed E-state index contributed by atoms with van der Waals surface area (Å²) < 4.78 is 5.58. The number of thiophene rings is 1. The van der Waals surface area contributed by atoms with E-state index in [0.717, 1.165) is 48.6 Å². The van der Waals surface area contributed by atoms with Crippen molar-refractivity contribution < 1.29 is 9.53 Å². The lowest BCUT2D eigenvalue weighted by Gasteiger charge is -2.33. The number of amides is 1. The summed E-state index contributed by atoms with van der Waals surface area (Å²) in [5.41, 5.74) is 3.20. The summed E-state index contributed by atoms with van der Waals surface area (Å²) >= 11 is 1.64. The zero-order valence-electron chi connectivity index (χ0n) is 14.9. The molecular weight excluding hydrogens is 334 g/mol. The van der Waals surface area contributed by atoms with Gasteiger partial charge in [-0.3, -0.25) is 4.79 Å². The second-order valence-corrected chi connectivity index (χ2v) is 7.23.